The number of benzene rings is 1. The van der Waals surface area contributed by atoms with Crippen molar-refractivity contribution in [2.75, 3.05) is 27.9 Å². The van der Waals surface area contributed by atoms with Crippen molar-refractivity contribution >= 4 is 11.3 Å². The van der Waals surface area contributed by atoms with Crippen LogP contribution < -0.4 is 19.5 Å². The zero-order chi connectivity index (χ0) is 15.1. The average molecular weight is 307 g/mol. The molecule has 0 aliphatic carbocycles. The minimum absolute atomic E-state index is 0.627. The molecule has 4 nitrogen and oxygen atoms in total. The van der Waals surface area contributed by atoms with Gasteiger partial charge in [-0.25, -0.2) is 0 Å². The van der Waals surface area contributed by atoms with E-state index in [1.165, 1.54) is 5.56 Å². The molecule has 1 N–H and O–H groups in total. The number of ether oxygens (including phenoxy) is 3. The van der Waals surface area contributed by atoms with E-state index in [9.17, 15) is 0 Å². The van der Waals surface area contributed by atoms with Gasteiger partial charge in [0.2, 0.25) is 5.75 Å². The molecule has 0 aliphatic rings. The monoisotopic (exact) mass is 307 g/mol. The molecule has 0 atom stereocenters. The SMILES string of the molecule is COc1cc(CNCCc2ccsc2)cc(OC)c1OC. The van der Waals surface area contributed by atoms with E-state index in [0.717, 1.165) is 25.1 Å². The van der Waals surface area contributed by atoms with E-state index in [-0.39, 0.29) is 0 Å². The second kappa shape index (κ2) is 7.90. The molecule has 114 valence electrons. The van der Waals surface area contributed by atoms with Gasteiger partial charge in [0.05, 0.1) is 21.3 Å². The molecule has 0 amide bonds. The summed E-state index contributed by atoms with van der Waals surface area (Å²) in [5.74, 6) is 2.00. The Hall–Kier alpha value is -1.72. The first-order valence-electron chi connectivity index (χ1n) is 6.79. The summed E-state index contributed by atoms with van der Waals surface area (Å²) in [6.07, 6.45) is 1.04. The van der Waals surface area contributed by atoms with Gasteiger partial charge in [-0.2, -0.15) is 11.3 Å². The van der Waals surface area contributed by atoms with E-state index in [1.807, 2.05) is 12.1 Å². The van der Waals surface area contributed by atoms with Gasteiger partial charge in [-0.15, -0.1) is 0 Å². The zero-order valence-corrected chi connectivity index (χ0v) is 13.5. The van der Waals surface area contributed by atoms with Gasteiger partial charge in [-0.05, 0) is 53.1 Å². The Balaban J connectivity index is 1.96. The van der Waals surface area contributed by atoms with Crippen LogP contribution in [0.5, 0.6) is 17.2 Å². The lowest BCUT2D eigenvalue weighted by atomic mass is 10.1. The van der Waals surface area contributed by atoms with Crippen molar-refractivity contribution in [3.05, 3.63) is 40.1 Å². The highest BCUT2D eigenvalue weighted by molar-refractivity contribution is 7.07. The summed E-state index contributed by atoms with van der Waals surface area (Å²) in [6.45, 7) is 1.70. The maximum absolute atomic E-state index is 5.35. The molecule has 0 aliphatic heterocycles. The quantitative estimate of drug-likeness (QED) is 0.761. The minimum Gasteiger partial charge on any atom is -0.493 e. The van der Waals surface area contributed by atoms with E-state index < -0.39 is 0 Å². The summed E-state index contributed by atoms with van der Waals surface area (Å²) in [5.41, 5.74) is 2.48. The third-order valence-corrected chi connectivity index (χ3v) is 3.96. The van der Waals surface area contributed by atoms with Crippen LogP contribution in [-0.4, -0.2) is 27.9 Å². The number of methoxy groups -OCH3 is 3. The van der Waals surface area contributed by atoms with Crippen molar-refractivity contribution in [1.82, 2.24) is 5.32 Å². The zero-order valence-electron chi connectivity index (χ0n) is 12.6. The van der Waals surface area contributed by atoms with Crippen LogP contribution in [0.4, 0.5) is 0 Å². The molecule has 0 saturated carbocycles. The number of hydrogen-bond donors (Lipinski definition) is 1. The molecule has 0 fully saturated rings. The minimum atomic E-state index is 0.627. The van der Waals surface area contributed by atoms with Crippen LogP contribution in [0.15, 0.2) is 29.0 Å². The van der Waals surface area contributed by atoms with Crippen LogP contribution in [0.3, 0.4) is 0 Å². The van der Waals surface area contributed by atoms with E-state index in [4.69, 9.17) is 14.2 Å². The molecular formula is C16H21NO3S. The maximum Gasteiger partial charge on any atom is 0.203 e. The summed E-state index contributed by atoms with van der Waals surface area (Å²) in [7, 11) is 4.87. The maximum atomic E-state index is 5.35. The predicted octanol–water partition coefficient (Wildman–Crippen LogP) is 3.11. The van der Waals surface area contributed by atoms with Crippen LogP contribution in [0.2, 0.25) is 0 Å². The lowest BCUT2D eigenvalue weighted by molar-refractivity contribution is 0.323. The van der Waals surface area contributed by atoms with Crippen molar-refractivity contribution in [2.45, 2.75) is 13.0 Å². The normalized spacial score (nSPS) is 10.4. The second-order valence-electron chi connectivity index (χ2n) is 4.59. The van der Waals surface area contributed by atoms with E-state index in [2.05, 4.69) is 22.1 Å². The summed E-state index contributed by atoms with van der Waals surface area (Å²) in [6, 6.07) is 6.10. The Kier molecular flexibility index (Phi) is 5.90. The van der Waals surface area contributed by atoms with Gasteiger partial charge in [0, 0.05) is 6.54 Å². The van der Waals surface area contributed by atoms with Crippen LogP contribution in [-0.2, 0) is 13.0 Å². The molecule has 2 aromatic rings. The Labute approximate surface area is 129 Å². The number of thiophene rings is 1. The first-order valence-corrected chi connectivity index (χ1v) is 7.73. The van der Waals surface area contributed by atoms with Gasteiger partial charge in [0.1, 0.15) is 0 Å². The third-order valence-electron chi connectivity index (χ3n) is 3.22. The molecule has 0 spiro atoms. The highest BCUT2D eigenvalue weighted by Gasteiger charge is 2.12. The fraction of sp³-hybridized carbons (Fsp3) is 0.375. The molecule has 21 heavy (non-hydrogen) atoms. The molecule has 0 radical (unpaired) electrons. The molecule has 1 aromatic carbocycles. The third kappa shape index (κ3) is 4.12. The van der Waals surface area contributed by atoms with Gasteiger partial charge >= 0.3 is 0 Å². The average Bonchev–Trinajstić information content (AvgIpc) is 3.03. The Morgan fingerprint density at radius 2 is 1.71 bits per heavy atom. The molecule has 0 saturated heterocycles. The fourth-order valence-corrected chi connectivity index (χ4v) is 2.84. The van der Waals surface area contributed by atoms with Gasteiger partial charge < -0.3 is 19.5 Å². The first-order chi connectivity index (χ1) is 10.3. The van der Waals surface area contributed by atoms with E-state index >= 15 is 0 Å². The summed E-state index contributed by atoms with van der Waals surface area (Å²) in [5, 5.41) is 7.72. The van der Waals surface area contributed by atoms with Gasteiger partial charge in [0.15, 0.2) is 11.5 Å². The second-order valence-corrected chi connectivity index (χ2v) is 5.37. The van der Waals surface area contributed by atoms with Crippen molar-refractivity contribution in [3.63, 3.8) is 0 Å². The molecule has 0 unspecified atom stereocenters. The Morgan fingerprint density at radius 1 is 1.00 bits per heavy atom. The standard InChI is InChI=1S/C16H21NO3S/c1-18-14-8-13(9-15(19-2)16(14)20-3)10-17-6-4-12-5-7-21-11-12/h5,7-9,11,17H,4,6,10H2,1-3H3. The number of nitrogens with one attached hydrogen (secondary N) is 1. The molecule has 0 bridgehead atoms. The summed E-state index contributed by atoms with van der Waals surface area (Å²) < 4.78 is 16.0. The highest BCUT2D eigenvalue weighted by Crippen LogP contribution is 2.38. The Bertz CT molecular complexity index is 530. The lowest BCUT2D eigenvalue weighted by Gasteiger charge is -2.14. The fourth-order valence-electron chi connectivity index (χ4n) is 2.14. The van der Waals surface area contributed by atoms with E-state index in [0.29, 0.717) is 17.2 Å². The summed E-state index contributed by atoms with van der Waals surface area (Å²) >= 11 is 1.73. The van der Waals surface area contributed by atoms with Crippen molar-refractivity contribution in [3.8, 4) is 17.2 Å². The van der Waals surface area contributed by atoms with Gasteiger partial charge in [-0.1, -0.05) is 0 Å². The molecular weight excluding hydrogens is 286 g/mol. The first kappa shape index (κ1) is 15.7. The smallest absolute Gasteiger partial charge is 0.203 e. The molecule has 1 heterocycles. The summed E-state index contributed by atoms with van der Waals surface area (Å²) in [4.78, 5) is 0. The van der Waals surface area contributed by atoms with Gasteiger partial charge in [0.25, 0.3) is 0 Å². The van der Waals surface area contributed by atoms with Crippen molar-refractivity contribution in [2.24, 2.45) is 0 Å². The molecule has 1 aromatic heterocycles. The largest absolute Gasteiger partial charge is 0.493 e. The van der Waals surface area contributed by atoms with Crippen LogP contribution in [0.25, 0.3) is 0 Å². The van der Waals surface area contributed by atoms with Crippen molar-refractivity contribution < 1.29 is 14.2 Å². The number of hydrogen-bond acceptors (Lipinski definition) is 5. The highest BCUT2D eigenvalue weighted by atomic mass is 32.1. The van der Waals surface area contributed by atoms with Crippen molar-refractivity contribution in [1.29, 1.82) is 0 Å². The van der Waals surface area contributed by atoms with Crippen LogP contribution >= 0.6 is 11.3 Å². The number of rotatable bonds is 8. The lowest BCUT2D eigenvalue weighted by Crippen LogP contribution is -2.16. The molecule has 5 heteroatoms. The van der Waals surface area contributed by atoms with Gasteiger partial charge in [-0.3, -0.25) is 0 Å². The molecule has 2 rings (SSSR count). The van der Waals surface area contributed by atoms with E-state index in [1.54, 1.807) is 32.7 Å². The predicted molar refractivity (Wildman–Crippen MR) is 85.8 cm³/mol. The van der Waals surface area contributed by atoms with Crippen LogP contribution in [0.1, 0.15) is 11.1 Å². The Morgan fingerprint density at radius 3 is 2.24 bits per heavy atom. The van der Waals surface area contributed by atoms with Crippen LogP contribution in [0, 0.1) is 0 Å². The topological polar surface area (TPSA) is 39.7 Å².